The first-order chi connectivity index (χ1) is 17.7. The van der Waals surface area contributed by atoms with Gasteiger partial charge in [-0.1, -0.05) is 92.2 Å². The Hall–Kier alpha value is -3.76. The zero-order valence-corrected chi connectivity index (χ0v) is 20.7. The van der Waals surface area contributed by atoms with Crippen LogP contribution >= 0.6 is 0 Å². The van der Waals surface area contributed by atoms with Crippen molar-refractivity contribution in [1.82, 2.24) is 14.9 Å². The minimum Gasteiger partial charge on any atom is -0.324 e. The van der Waals surface area contributed by atoms with E-state index >= 15 is 0 Å². The predicted molar refractivity (Wildman–Crippen MR) is 145 cm³/mol. The lowest BCUT2D eigenvalue weighted by molar-refractivity contribution is 0.354. The van der Waals surface area contributed by atoms with Gasteiger partial charge >= 0.3 is 0 Å². The van der Waals surface area contributed by atoms with Gasteiger partial charge in [0.2, 0.25) is 0 Å². The van der Waals surface area contributed by atoms with E-state index in [2.05, 4.69) is 65.8 Å². The van der Waals surface area contributed by atoms with Gasteiger partial charge < -0.3 is 4.57 Å². The summed E-state index contributed by atoms with van der Waals surface area (Å²) in [6.07, 6.45) is 9.68. The normalized spacial score (nSPS) is 13.1. The van der Waals surface area contributed by atoms with Crippen LogP contribution in [0.5, 0.6) is 0 Å². The summed E-state index contributed by atoms with van der Waals surface area (Å²) in [6, 6.07) is 30.8. The predicted octanol–water partition coefficient (Wildman–Crippen LogP) is 7.25. The largest absolute Gasteiger partial charge is 0.324 e. The van der Waals surface area contributed by atoms with E-state index in [4.69, 9.17) is 0 Å². The Bertz CT molecular complexity index is 1410. The summed E-state index contributed by atoms with van der Waals surface area (Å²) in [5.74, 6) is -0.240. The first-order valence-electron chi connectivity index (χ1n) is 12.7. The van der Waals surface area contributed by atoms with E-state index in [-0.39, 0.29) is 5.82 Å². The number of hydrogen-bond acceptors (Lipinski definition) is 2. The molecule has 182 valence electrons. The van der Waals surface area contributed by atoms with Gasteiger partial charge in [0.05, 0.1) is 18.5 Å². The van der Waals surface area contributed by atoms with E-state index in [1.807, 2.05) is 35.0 Å². The smallest absolute Gasteiger partial charge is 0.123 e. The lowest BCUT2D eigenvalue weighted by Crippen LogP contribution is -2.46. The van der Waals surface area contributed by atoms with Crippen molar-refractivity contribution in [2.24, 2.45) is 0 Å². The standard InChI is InChI=1S/C32H32FN3/c1-2-3-8-25-13-15-28-20-26(14-16-27(28)19-25)22-32(29-9-5-4-6-10-29,30-11-7-12-31(33)21-30)35-24-36-18-17-34-23-36/h4-7,9-21,23,35H,2-3,8,22,24H2,1H3. The monoisotopic (exact) mass is 477 g/mol. The van der Waals surface area contributed by atoms with Gasteiger partial charge in [-0.25, -0.2) is 9.37 Å². The van der Waals surface area contributed by atoms with Crippen LogP contribution in [-0.2, 0) is 25.0 Å². The van der Waals surface area contributed by atoms with Gasteiger partial charge in [0, 0.05) is 12.4 Å². The van der Waals surface area contributed by atoms with E-state index in [0.29, 0.717) is 13.1 Å². The number of imidazole rings is 1. The number of aryl methyl sites for hydroxylation is 1. The van der Waals surface area contributed by atoms with Crippen molar-refractivity contribution in [1.29, 1.82) is 0 Å². The maximum atomic E-state index is 14.6. The molecule has 1 unspecified atom stereocenters. The van der Waals surface area contributed by atoms with Crippen LogP contribution in [0.1, 0.15) is 42.0 Å². The second kappa shape index (κ2) is 10.9. The summed E-state index contributed by atoms with van der Waals surface area (Å²) in [4.78, 5) is 4.19. The van der Waals surface area contributed by atoms with E-state index in [1.54, 1.807) is 24.7 Å². The van der Waals surface area contributed by atoms with Crippen LogP contribution in [0.15, 0.2) is 110 Å². The van der Waals surface area contributed by atoms with Gasteiger partial charge in [0.25, 0.3) is 0 Å². The maximum Gasteiger partial charge on any atom is 0.123 e. The summed E-state index contributed by atoms with van der Waals surface area (Å²) in [5, 5.41) is 6.27. The second-order valence-electron chi connectivity index (χ2n) is 9.49. The molecule has 0 aliphatic carbocycles. The van der Waals surface area contributed by atoms with Crippen molar-refractivity contribution >= 4 is 10.8 Å². The number of nitrogens with one attached hydrogen (secondary N) is 1. The molecular formula is C32H32FN3. The Morgan fingerprint density at radius 3 is 2.31 bits per heavy atom. The third-order valence-electron chi connectivity index (χ3n) is 6.96. The first-order valence-corrected chi connectivity index (χ1v) is 12.7. The van der Waals surface area contributed by atoms with Crippen LogP contribution in [0.25, 0.3) is 10.8 Å². The van der Waals surface area contributed by atoms with Crippen molar-refractivity contribution in [2.75, 3.05) is 0 Å². The van der Waals surface area contributed by atoms with Gasteiger partial charge in [-0.3, -0.25) is 5.32 Å². The molecule has 0 aliphatic heterocycles. The third-order valence-corrected chi connectivity index (χ3v) is 6.96. The molecule has 0 aliphatic rings. The Balaban J connectivity index is 1.58. The van der Waals surface area contributed by atoms with Gasteiger partial charge in [-0.15, -0.1) is 0 Å². The van der Waals surface area contributed by atoms with Crippen LogP contribution in [-0.4, -0.2) is 9.55 Å². The topological polar surface area (TPSA) is 29.9 Å². The molecule has 5 aromatic rings. The zero-order valence-electron chi connectivity index (χ0n) is 20.7. The van der Waals surface area contributed by atoms with Crippen LogP contribution < -0.4 is 5.32 Å². The molecule has 0 radical (unpaired) electrons. The Kier molecular flexibility index (Phi) is 7.24. The van der Waals surface area contributed by atoms with Crippen LogP contribution in [0.2, 0.25) is 0 Å². The van der Waals surface area contributed by atoms with Crippen molar-refractivity contribution in [3.63, 3.8) is 0 Å². The highest BCUT2D eigenvalue weighted by molar-refractivity contribution is 5.84. The SMILES string of the molecule is CCCCc1ccc2cc(CC(NCn3ccnc3)(c3ccccc3)c3cccc(F)c3)ccc2c1. The number of benzene rings is 4. The fourth-order valence-corrected chi connectivity index (χ4v) is 5.02. The summed E-state index contributed by atoms with van der Waals surface area (Å²) in [7, 11) is 0. The molecule has 1 atom stereocenters. The number of nitrogens with zero attached hydrogens (tertiary/aromatic N) is 2. The number of aromatic nitrogens is 2. The van der Waals surface area contributed by atoms with E-state index in [0.717, 1.165) is 17.5 Å². The molecule has 0 fully saturated rings. The Morgan fingerprint density at radius 2 is 1.58 bits per heavy atom. The molecule has 4 aromatic carbocycles. The molecule has 1 heterocycles. The number of rotatable bonds is 10. The summed E-state index contributed by atoms with van der Waals surface area (Å²) in [6.45, 7) is 2.77. The van der Waals surface area contributed by atoms with Crippen LogP contribution in [0.4, 0.5) is 4.39 Å². The quantitative estimate of drug-likeness (QED) is 0.230. The molecule has 0 saturated heterocycles. The lowest BCUT2D eigenvalue weighted by Gasteiger charge is -2.37. The average Bonchev–Trinajstić information content (AvgIpc) is 3.44. The zero-order chi connectivity index (χ0) is 24.8. The van der Waals surface area contributed by atoms with Gasteiger partial charge in [0.15, 0.2) is 0 Å². The third kappa shape index (κ3) is 5.24. The number of unbranched alkanes of at least 4 members (excludes halogenated alkanes) is 1. The molecule has 1 aromatic heterocycles. The minimum atomic E-state index is -0.637. The molecular weight excluding hydrogens is 445 g/mol. The van der Waals surface area contributed by atoms with Gasteiger partial charge in [0.1, 0.15) is 5.82 Å². The molecule has 0 bridgehead atoms. The van der Waals surface area contributed by atoms with Gasteiger partial charge in [-0.05, 0) is 64.4 Å². The van der Waals surface area contributed by atoms with E-state index in [9.17, 15) is 4.39 Å². The fraction of sp³-hybridized carbons (Fsp3) is 0.219. The van der Waals surface area contributed by atoms with Crippen molar-refractivity contribution in [2.45, 2.75) is 44.8 Å². The molecule has 4 heteroatoms. The van der Waals surface area contributed by atoms with E-state index < -0.39 is 5.54 Å². The lowest BCUT2D eigenvalue weighted by atomic mass is 9.77. The first kappa shape index (κ1) is 24.0. The number of fused-ring (bicyclic) bond motifs is 1. The highest BCUT2D eigenvalue weighted by Crippen LogP contribution is 2.35. The fourth-order valence-electron chi connectivity index (χ4n) is 5.02. The highest BCUT2D eigenvalue weighted by Gasteiger charge is 2.34. The number of hydrogen-bond donors (Lipinski definition) is 1. The maximum absolute atomic E-state index is 14.6. The molecule has 3 nitrogen and oxygen atoms in total. The average molecular weight is 478 g/mol. The summed E-state index contributed by atoms with van der Waals surface area (Å²) < 4.78 is 16.6. The molecule has 36 heavy (non-hydrogen) atoms. The molecule has 0 amide bonds. The molecule has 0 saturated carbocycles. The van der Waals surface area contributed by atoms with Crippen LogP contribution in [0.3, 0.4) is 0 Å². The summed E-state index contributed by atoms with van der Waals surface area (Å²) in [5.41, 5.74) is 3.92. The van der Waals surface area contributed by atoms with Crippen LogP contribution in [0, 0.1) is 5.82 Å². The van der Waals surface area contributed by atoms with Crippen molar-refractivity contribution in [3.8, 4) is 0 Å². The Morgan fingerprint density at radius 1 is 0.833 bits per heavy atom. The number of halogens is 1. The molecule has 1 N–H and O–H groups in total. The highest BCUT2D eigenvalue weighted by atomic mass is 19.1. The van der Waals surface area contributed by atoms with E-state index in [1.165, 1.54) is 40.8 Å². The molecule has 5 rings (SSSR count). The minimum absolute atomic E-state index is 0.240. The Labute approximate surface area is 212 Å². The molecule has 0 spiro atoms. The second-order valence-corrected chi connectivity index (χ2v) is 9.49. The van der Waals surface area contributed by atoms with Crippen molar-refractivity contribution in [3.05, 3.63) is 138 Å². The van der Waals surface area contributed by atoms with Gasteiger partial charge in [-0.2, -0.15) is 0 Å². The van der Waals surface area contributed by atoms with Crippen molar-refractivity contribution < 1.29 is 4.39 Å². The summed E-state index contributed by atoms with van der Waals surface area (Å²) >= 11 is 0.